The molecule has 0 saturated heterocycles. The molecule has 2 nitrogen and oxygen atoms in total. The number of unbranched alkanes of at least 4 members (excludes halogenated alkanes) is 2. The molecule has 0 spiro atoms. The van der Waals surface area contributed by atoms with Crippen molar-refractivity contribution in [3.8, 4) is 11.8 Å². The first-order chi connectivity index (χ1) is 7.72. The van der Waals surface area contributed by atoms with Crippen LogP contribution in [0.5, 0.6) is 0 Å². The Hall–Kier alpha value is -1.75. The van der Waals surface area contributed by atoms with Gasteiger partial charge >= 0.3 is 5.97 Å². The van der Waals surface area contributed by atoms with Gasteiger partial charge in [0, 0.05) is 11.5 Å². The molecule has 0 amide bonds. The molecule has 0 atom stereocenters. The maximum Gasteiger partial charge on any atom is 0.382 e. The highest BCUT2D eigenvalue weighted by atomic mass is 16.4. The lowest BCUT2D eigenvalue weighted by Gasteiger charge is -2.00. The number of aliphatic carboxylic acids is 1. The quantitative estimate of drug-likeness (QED) is 0.620. The summed E-state index contributed by atoms with van der Waals surface area (Å²) in [7, 11) is 0. The molecule has 1 rings (SSSR count). The van der Waals surface area contributed by atoms with Crippen LogP contribution < -0.4 is 0 Å². The lowest BCUT2D eigenvalue weighted by Crippen LogP contribution is -1.88. The number of hydrogen-bond donors (Lipinski definition) is 1. The third-order valence-corrected chi connectivity index (χ3v) is 2.34. The van der Waals surface area contributed by atoms with E-state index < -0.39 is 5.97 Å². The lowest BCUT2D eigenvalue weighted by molar-refractivity contribution is -0.130. The van der Waals surface area contributed by atoms with E-state index in [1.807, 2.05) is 24.3 Å². The number of carboxylic acid groups (broad SMARTS) is 1. The van der Waals surface area contributed by atoms with Crippen molar-refractivity contribution < 1.29 is 9.90 Å². The van der Waals surface area contributed by atoms with Crippen LogP contribution in [0, 0.1) is 11.8 Å². The monoisotopic (exact) mass is 216 g/mol. The first-order valence-corrected chi connectivity index (χ1v) is 5.56. The van der Waals surface area contributed by atoms with Gasteiger partial charge in [0.05, 0.1) is 0 Å². The average molecular weight is 216 g/mol. The summed E-state index contributed by atoms with van der Waals surface area (Å²) in [5.41, 5.74) is 2.04. The molecular formula is C14H16O2. The Morgan fingerprint density at radius 2 is 1.94 bits per heavy atom. The summed E-state index contributed by atoms with van der Waals surface area (Å²) in [6.07, 6.45) is 4.76. The van der Waals surface area contributed by atoms with Gasteiger partial charge in [-0.25, -0.2) is 4.79 Å². The van der Waals surface area contributed by atoms with Gasteiger partial charge in [-0.05, 0) is 30.5 Å². The highest BCUT2D eigenvalue weighted by molar-refractivity contribution is 5.87. The van der Waals surface area contributed by atoms with Gasteiger partial charge in [0.25, 0.3) is 0 Å². The van der Waals surface area contributed by atoms with Crippen LogP contribution in [0.1, 0.15) is 37.3 Å². The molecule has 0 unspecified atom stereocenters. The van der Waals surface area contributed by atoms with Crippen molar-refractivity contribution in [2.75, 3.05) is 0 Å². The van der Waals surface area contributed by atoms with Gasteiger partial charge < -0.3 is 5.11 Å². The minimum Gasteiger partial charge on any atom is -0.472 e. The zero-order valence-electron chi connectivity index (χ0n) is 9.49. The van der Waals surface area contributed by atoms with Crippen LogP contribution in [0.25, 0.3) is 0 Å². The zero-order chi connectivity index (χ0) is 11.8. The van der Waals surface area contributed by atoms with Gasteiger partial charge in [-0.15, -0.1) is 0 Å². The lowest BCUT2D eigenvalue weighted by atomic mass is 10.1. The van der Waals surface area contributed by atoms with Crippen LogP contribution in [-0.2, 0) is 11.2 Å². The Balaban J connectivity index is 2.55. The Kier molecular flexibility index (Phi) is 5.15. The number of hydrogen-bond acceptors (Lipinski definition) is 1. The van der Waals surface area contributed by atoms with Crippen LogP contribution >= 0.6 is 0 Å². The highest BCUT2D eigenvalue weighted by Crippen LogP contribution is 2.08. The molecule has 0 aromatic heterocycles. The molecule has 0 aliphatic rings. The molecule has 1 aromatic carbocycles. The van der Waals surface area contributed by atoms with Crippen molar-refractivity contribution in [3.63, 3.8) is 0 Å². The second-order valence-electron chi connectivity index (χ2n) is 3.71. The van der Waals surface area contributed by atoms with E-state index in [1.54, 1.807) is 0 Å². The molecule has 0 saturated carbocycles. The molecule has 16 heavy (non-hydrogen) atoms. The van der Waals surface area contributed by atoms with E-state index in [0.717, 1.165) is 12.0 Å². The summed E-state index contributed by atoms with van der Waals surface area (Å²) in [4.78, 5) is 10.2. The predicted octanol–water partition coefficient (Wildman–Crippen LogP) is 2.86. The smallest absolute Gasteiger partial charge is 0.382 e. The van der Waals surface area contributed by atoms with Gasteiger partial charge in [0.15, 0.2) is 0 Å². The third-order valence-electron chi connectivity index (χ3n) is 2.34. The second-order valence-corrected chi connectivity index (χ2v) is 3.71. The van der Waals surface area contributed by atoms with Crippen LogP contribution in [-0.4, -0.2) is 11.1 Å². The Labute approximate surface area is 96.3 Å². The van der Waals surface area contributed by atoms with Crippen molar-refractivity contribution in [2.45, 2.75) is 32.6 Å². The molecule has 1 aromatic rings. The van der Waals surface area contributed by atoms with Crippen LogP contribution in [0.15, 0.2) is 24.3 Å². The molecule has 2 heteroatoms. The Morgan fingerprint density at radius 1 is 1.25 bits per heavy atom. The molecule has 0 aliphatic carbocycles. The molecule has 0 radical (unpaired) electrons. The molecule has 84 valence electrons. The van der Waals surface area contributed by atoms with E-state index in [4.69, 9.17) is 5.11 Å². The van der Waals surface area contributed by atoms with E-state index >= 15 is 0 Å². The fraction of sp³-hybridized carbons (Fsp3) is 0.357. The maximum absolute atomic E-state index is 10.2. The van der Waals surface area contributed by atoms with Crippen molar-refractivity contribution in [3.05, 3.63) is 35.4 Å². The van der Waals surface area contributed by atoms with E-state index in [-0.39, 0.29) is 0 Å². The van der Waals surface area contributed by atoms with Gasteiger partial charge in [0.1, 0.15) is 0 Å². The van der Waals surface area contributed by atoms with Crippen molar-refractivity contribution >= 4 is 5.97 Å². The summed E-state index contributed by atoms with van der Waals surface area (Å²) in [6, 6.07) is 7.78. The summed E-state index contributed by atoms with van der Waals surface area (Å²) in [6.45, 7) is 2.19. The minimum absolute atomic E-state index is 0.752. The van der Waals surface area contributed by atoms with Crippen molar-refractivity contribution in [1.82, 2.24) is 0 Å². The molecule has 0 aliphatic heterocycles. The van der Waals surface area contributed by atoms with E-state index in [9.17, 15) is 4.79 Å². The number of carboxylic acids is 1. The maximum atomic E-state index is 10.2. The third kappa shape index (κ3) is 4.65. The van der Waals surface area contributed by atoms with E-state index in [2.05, 4.69) is 18.8 Å². The summed E-state index contributed by atoms with van der Waals surface area (Å²) >= 11 is 0. The zero-order valence-corrected chi connectivity index (χ0v) is 9.49. The second kappa shape index (κ2) is 6.68. The predicted molar refractivity (Wildman–Crippen MR) is 64.2 cm³/mol. The number of aryl methyl sites for hydroxylation is 1. The highest BCUT2D eigenvalue weighted by Gasteiger charge is 1.93. The molecule has 0 heterocycles. The van der Waals surface area contributed by atoms with Crippen molar-refractivity contribution in [2.24, 2.45) is 0 Å². The van der Waals surface area contributed by atoms with Crippen molar-refractivity contribution in [1.29, 1.82) is 0 Å². The molecule has 1 N–H and O–H groups in total. The fourth-order valence-electron chi connectivity index (χ4n) is 1.46. The van der Waals surface area contributed by atoms with Gasteiger partial charge in [-0.3, -0.25) is 0 Å². The van der Waals surface area contributed by atoms with Gasteiger partial charge in [-0.2, -0.15) is 0 Å². The average Bonchev–Trinajstić information content (AvgIpc) is 2.28. The topological polar surface area (TPSA) is 37.3 Å². The minimum atomic E-state index is -1.09. The van der Waals surface area contributed by atoms with E-state index in [1.165, 1.54) is 24.8 Å². The van der Waals surface area contributed by atoms with Crippen LogP contribution in [0.2, 0.25) is 0 Å². The number of rotatable bonds is 4. The van der Waals surface area contributed by atoms with Gasteiger partial charge in [-0.1, -0.05) is 37.8 Å². The molecule has 0 fully saturated rings. The molecule has 0 bridgehead atoms. The first-order valence-electron chi connectivity index (χ1n) is 5.56. The van der Waals surface area contributed by atoms with E-state index in [0.29, 0.717) is 0 Å². The van der Waals surface area contributed by atoms with Crippen LogP contribution in [0.3, 0.4) is 0 Å². The summed E-state index contributed by atoms with van der Waals surface area (Å²) in [5.74, 6) is 3.60. The summed E-state index contributed by atoms with van der Waals surface area (Å²) < 4.78 is 0. The standard InChI is InChI=1S/C14H16O2/c1-2-3-4-5-12-6-8-13(9-7-12)10-11-14(15)16/h6-9H,2-5H2,1H3,(H,15,16). The Bertz CT molecular complexity index is 393. The molecular weight excluding hydrogens is 200 g/mol. The fourth-order valence-corrected chi connectivity index (χ4v) is 1.46. The number of carbonyl (C=O) groups is 1. The summed E-state index contributed by atoms with van der Waals surface area (Å²) in [5, 5.41) is 8.40. The SMILES string of the molecule is CCCCCc1ccc(C#CC(=O)O)cc1. The van der Waals surface area contributed by atoms with Crippen LogP contribution in [0.4, 0.5) is 0 Å². The van der Waals surface area contributed by atoms with Gasteiger partial charge in [0.2, 0.25) is 0 Å². The first kappa shape index (κ1) is 12.3. The Morgan fingerprint density at radius 3 is 2.50 bits per heavy atom. The normalized spacial score (nSPS) is 9.31. The number of benzene rings is 1. The largest absolute Gasteiger partial charge is 0.472 e.